The molecule has 0 saturated heterocycles. The van der Waals surface area contributed by atoms with Crippen molar-refractivity contribution in [3.63, 3.8) is 0 Å². The Kier molecular flexibility index (Phi) is 3.65. The van der Waals surface area contributed by atoms with Gasteiger partial charge in [-0.05, 0) is 48.9 Å². The molecule has 0 saturated carbocycles. The Balaban J connectivity index is 2.03. The maximum atomic E-state index is 13.3. The normalized spacial score (nSPS) is 10.5. The van der Waals surface area contributed by atoms with Gasteiger partial charge in [0.15, 0.2) is 0 Å². The minimum atomic E-state index is -0.254. The smallest absolute Gasteiger partial charge is 0.211 e. The Hall–Kier alpha value is -3.02. The van der Waals surface area contributed by atoms with Gasteiger partial charge in [0.2, 0.25) is 6.41 Å². The largest absolute Gasteiger partial charge is 0.340 e. The number of hydrogen-bond acceptors (Lipinski definition) is 4. The van der Waals surface area contributed by atoms with Crippen LogP contribution in [0.25, 0.3) is 10.9 Å². The lowest BCUT2D eigenvalue weighted by atomic mass is 10.2. The molecule has 0 unspecified atom stereocenters. The first-order valence-corrected chi connectivity index (χ1v) is 6.65. The molecule has 0 aliphatic heterocycles. The number of aromatic nitrogens is 2. The van der Waals surface area contributed by atoms with Gasteiger partial charge in [0.05, 0.1) is 5.52 Å². The second kappa shape index (κ2) is 5.77. The molecule has 5 nitrogen and oxygen atoms in total. The van der Waals surface area contributed by atoms with Gasteiger partial charge in [-0.3, -0.25) is 4.79 Å². The number of amides is 1. The van der Waals surface area contributed by atoms with Crippen LogP contribution in [0.2, 0.25) is 0 Å². The average Bonchev–Trinajstić information content (AvgIpc) is 2.52. The van der Waals surface area contributed by atoms with Gasteiger partial charge < -0.3 is 10.6 Å². The number of nitrogens with zero attached hydrogens (tertiary/aromatic N) is 2. The third-order valence-corrected chi connectivity index (χ3v) is 3.28. The molecule has 0 atom stereocenters. The predicted molar refractivity (Wildman–Crippen MR) is 83.6 cm³/mol. The summed E-state index contributed by atoms with van der Waals surface area (Å²) in [5.41, 5.74) is 2.67. The molecule has 1 aromatic heterocycles. The molecule has 110 valence electrons. The van der Waals surface area contributed by atoms with E-state index >= 15 is 0 Å². The lowest BCUT2D eigenvalue weighted by Gasteiger charge is -2.10. The summed E-state index contributed by atoms with van der Waals surface area (Å²) < 4.78 is 13.3. The van der Waals surface area contributed by atoms with Crippen LogP contribution in [-0.2, 0) is 4.79 Å². The van der Waals surface area contributed by atoms with E-state index in [4.69, 9.17) is 0 Å². The average molecular weight is 296 g/mol. The molecule has 6 heteroatoms. The van der Waals surface area contributed by atoms with Crippen LogP contribution in [0.3, 0.4) is 0 Å². The standard InChI is InChI=1S/C16H13FN4O/c1-10-6-12(2-4-14(10)17)21-16-13-7-11(20-9-22)3-5-15(13)18-8-19-16/h2-9H,1H3,(H,20,22)(H,18,19,21). The molecule has 0 aliphatic rings. The summed E-state index contributed by atoms with van der Waals surface area (Å²) in [7, 11) is 0. The number of carbonyl (C=O) groups is 1. The number of anilines is 3. The van der Waals surface area contributed by atoms with Crippen molar-refractivity contribution in [2.45, 2.75) is 6.92 Å². The Morgan fingerprint density at radius 3 is 2.68 bits per heavy atom. The molecule has 1 amide bonds. The van der Waals surface area contributed by atoms with Crippen LogP contribution >= 0.6 is 0 Å². The van der Waals surface area contributed by atoms with Crippen molar-refractivity contribution in [1.29, 1.82) is 0 Å². The lowest BCUT2D eigenvalue weighted by molar-refractivity contribution is -0.105. The fraction of sp³-hybridized carbons (Fsp3) is 0.0625. The Bertz CT molecular complexity index is 851. The number of rotatable bonds is 4. The van der Waals surface area contributed by atoms with Crippen LogP contribution in [0, 0.1) is 12.7 Å². The number of halogens is 1. The van der Waals surface area contributed by atoms with Gasteiger partial charge in [-0.1, -0.05) is 0 Å². The van der Waals surface area contributed by atoms with E-state index < -0.39 is 0 Å². The van der Waals surface area contributed by atoms with Crippen molar-refractivity contribution >= 4 is 34.5 Å². The summed E-state index contributed by atoms with van der Waals surface area (Å²) >= 11 is 0. The van der Waals surface area contributed by atoms with Crippen molar-refractivity contribution in [3.8, 4) is 0 Å². The summed E-state index contributed by atoms with van der Waals surface area (Å²) in [5.74, 6) is 0.334. The lowest BCUT2D eigenvalue weighted by Crippen LogP contribution is -1.98. The summed E-state index contributed by atoms with van der Waals surface area (Å²) in [4.78, 5) is 19.0. The first-order chi connectivity index (χ1) is 10.7. The molecule has 0 aliphatic carbocycles. The predicted octanol–water partition coefficient (Wildman–Crippen LogP) is 3.39. The summed E-state index contributed by atoms with van der Waals surface area (Å²) in [6.07, 6.45) is 2.06. The van der Waals surface area contributed by atoms with Gasteiger partial charge in [-0.2, -0.15) is 0 Å². The van der Waals surface area contributed by atoms with Gasteiger partial charge in [0.25, 0.3) is 0 Å². The van der Waals surface area contributed by atoms with Crippen molar-refractivity contribution < 1.29 is 9.18 Å². The Morgan fingerprint density at radius 2 is 1.91 bits per heavy atom. The van der Waals surface area contributed by atoms with E-state index in [1.807, 2.05) is 0 Å². The molecule has 22 heavy (non-hydrogen) atoms. The number of carbonyl (C=O) groups excluding carboxylic acids is 1. The van der Waals surface area contributed by atoms with Crippen LogP contribution < -0.4 is 10.6 Å². The van der Waals surface area contributed by atoms with Crippen LogP contribution in [0.4, 0.5) is 21.6 Å². The molecule has 3 aromatic rings. The van der Waals surface area contributed by atoms with E-state index in [-0.39, 0.29) is 5.82 Å². The SMILES string of the molecule is Cc1cc(Nc2ncnc3ccc(NC=O)cc23)ccc1F. The summed E-state index contributed by atoms with van der Waals surface area (Å²) in [5, 5.41) is 6.50. The van der Waals surface area contributed by atoms with Gasteiger partial charge >= 0.3 is 0 Å². The van der Waals surface area contributed by atoms with Gasteiger partial charge in [0, 0.05) is 16.8 Å². The zero-order chi connectivity index (χ0) is 15.5. The second-order valence-corrected chi connectivity index (χ2v) is 4.81. The Morgan fingerprint density at radius 1 is 1.09 bits per heavy atom. The molecule has 1 heterocycles. The molecule has 0 radical (unpaired) electrons. The highest BCUT2D eigenvalue weighted by Gasteiger charge is 2.06. The van der Waals surface area contributed by atoms with Crippen molar-refractivity contribution in [2.24, 2.45) is 0 Å². The van der Waals surface area contributed by atoms with Crippen LogP contribution in [0.15, 0.2) is 42.7 Å². The van der Waals surface area contributed by atoms with Gasteiger partial charge in [0.1, 0.15) is 18.0 Å². The van der Waals surface area contributed by atoms with E-state index in [0.717, 1.165) is 16.6 Å². The highest BCUT2D eigenvalue weighted by Crippen LogP contribution is 2.26. The van der Waals surface area contributed by atoms with Crippen LogP contribution in [0.1, 0.15) is 5.56 Å². The van der Waals surface area contributed by atoms with E-state index in [2.05, 4.69) is 20.6 Å². The van der Waals surface area contributed by atoms with Crippen molar-refractivity contribution in [3.05, 3.63) is 54.1 Å². The maximum absolute atomic E-state index is 13.3. The summed E-state index contributed by atoms with van der Waals surface area (Å²) in [6.45, 7) is 1.70. The third-order valence-electron chi connectivity index (χ3n) is 3.28. The fourth-order valence-corrected chi connectivity index (χ4v) is 2.17. The molecular formula is C16H13FN4O. The van der Waals surface area contributed by atoms with Gasteiger partial charge in [-0.15, -0.1) is 0 Å². The van der Waals surface area contributed by atoms with E-state index in [1.54, 1.807) is 37.3 Å². The Labute approximate surface area is 126 Å². The van der Waals surface area contributed by atoms with Crippen molar-refractivity contribution in [1.82, 2.24) is 9.97 Å². The monoisotopic (exact) mass is 296 g/mol. The quantitative estimate of drug-likeness (QED) is 0.724. The zero-order valence-electron chi connectivity index (χ0n) is 11.8. The maximum Gasteiger partial charge on any atom is 0.211 e. The number of hydrogen-bond donors (Lipinski definition) is 2. The van der Waals surface area contributed by atoms with E-state index in [1.165, 1.54) is 12.4 Å². The van der Waals surface area contributed by atoms with Crippen molar-refractivity contribution in [2.75, 3.05) is 10.6 Å². The van der Waals surface area contributed by atoms with E-state index in [0.29, 0.717) is 23.5 Å². The third kappa shape index (κ3) is 2.71. The highest BCUT2D eigenvalue weighted by atomic mass is 19.1. The first-order valence-electron chi connectivity index (χ1n) is 6.65. The molecule has 0 spiro atoms. The summed E-state index contributed by atoms with van der Waals surface area (Å²) in [6, 6.07) is 10.1. The molecule has 0 bridgehead atoms. The van der Waals surface area contributed by atoms with E-state index in [9.17, 15) is 9.18 Å². The fourth-order valence-electron chi connectivity index (χ4n) is 2.17. The zero-order valence-corrected chi connectivity index (χ0v) is 11.8. The number of fused-ring (bicyclic) bond motifs is 1. The minimum absolute atomic E-state index is 0.254. The topological polar surface area (TPSA) is 66.9 Å². The number of aryl methyl sites for hydroxylation is 1. The van der Waals surface area contributed by atoms with Crippen LogP contribution in [0.5, 0.6) is 0 Å². The minimum Gasteiger partial charge on any atom is -0.340 e. The first kappa shape index (κ1) is 13.9. The molecule has 0 fully saturated rings. The number of benzene rings is 2. The molecule has 3 rings (SSSR count). The molecular weight excluding hydrogens is 283 g/mol. The van der Waals surface area contributed by atoms with Crippen LogP contribution in [-0.4, -0.2) is 16.4 Å². The molecule has 2 aromatic carbocycles. The van der Waals surface area contributed by atoms with Gasteiger partial charge in [-0.25, -0.2) is 14.4 Å². The second-order valence-electron chi connectivity index (χ2n) is 4.81. The number of nitrogens with one attached hydrogen (secondary N) is 2. The highest BCUT2D eigenvalue weighted by molar-refractivity contribution is 5.94. The molecule has 2 N–H and O–H groups in total.